The molecule has 0 aliphatic carbocycles. The zero-order chi connectivity index (χ0) is 11.4. The van der Waals surface area contributed by atoms with E-state index in [-0.39, 0.29) is 0 Å². The van der Waals surface area contributed by atoms with Gasteiger partial charge in [-0.3, -0.25) is 0 Å². The van der Waals surface area contributed by atoms with Crippen molar-refractivity contribution in [2.24, 2.45) is 5.92 Å². The van der Waals surface area contributed by atoms with Crippen LogP contribution in [-0.4, -0.2) is 19.8 Å². The number of nitrogens with one attached hydrogen (secondary N) is 1. The third kappa shape index (κ3) is 3.30. The second-order valence-corrected chi connectivity index (χ2v) is 5.96. The van der Waals surface area contributed by atoms with Crippen molar-refractivity contribution in [3.63, 3.8) is 0 Å². The number of hydrogen-bond acceptors (Lipinski definition) is 3. The molecule has 1 N–H and O–H groups in total. The molecule has 0 spiro atoms. The predicted molar refractivity (Wildman–Crippen MR) is 69.0 cm³/mol. The standard InChI is InChI=1S/C13H21NOS/c1-10-3-4-13(16-10)11(2)14-7-5-12-6-8-15-9-12/h3-4,11-12,14H,5-9H2,1-2H3. The summed E-state index contributed by atoms with van der Waals surface area (Å²) in [5, 5.41) is 3.59. The summed E-state index contributed by atoms with van der Waals surface area (Å²) in [6.45, 7) is 7.44. The van der Waals surface area contributed by atoms with Crippen molar-refractivity contribution in [2.45, 2.75) is 32.7 Å². The Bertz CT molecular complexity index is 317. The number of thiophene rings is 1. The first-order valence-corrected chi connectivity index (χ1v) is 6.95. The Morgan fingerprint density at radius 2 is 2.44 bits per heavy atom. The molecule has 1 aromatic rings. The van der Waals surface area contributed by atoms with Gasteiger partial charge in [-0.25, -0.2) is 0 Å². The molecule has 0 radical (unpaired) electrons. The van der Waals surface area contributed by atoms with Gasteiger partial charge in [0.05, 0.1) is 0 Å². The van der Waals surface area contributed by atoms with Gasteiger partial charge in [-0.1, -0.05) is 0 Å². The highest BCUT2D eigenvalue weighted by Gasteiger charge is 2.15. The van der Waals surface area contributed by atoms with Crippen LogP contribution in [0.2, 0.25) is 0 Å². The number of aryl methyl sites for hydroxylation is 1. The third-order valence-corrected chi connectivity index (χ3v) is 4.40. The first kappa shape index (κ1) is 12.1. The Hall–Kier alpha value is -0.380. The number of rotatable bonds is 5. The third-order valence-electron chi connectivity index (χ3n) is 3.22. The smallest absolute Gasteiger partial charge is 0.0495 e. The highest BCUT2D eigenvalue weighted by molar-refractivity contribution is 7.12. The average Bonchev–Trinajstić information content (AvgIpc) is 2.89. The van der Waals surface area contributed by atoms with Crippen LogP contribution in [0.3, 0.4) is 0 Å². The molecule has 90 valence electrons. The van der Waals surface area contributed by atoms with Crippen molar-refractivity contribution >= 4 is 11.3 Å². The number of hydrogen-bond donors (Lipinski definition) is 1. The Morgan fingerprint density at radius 3 is 3.06 bits per heavy atom. The minimum Gasteiger partial charge on any atom is -0.381 e. The second kappa shape index (κ2) is 5.80. The minimum absolute atomic E-state index is 0.487. The normalized spacial score (nSPS) is 22.5. The molecule has 1 fully saturated rings. The van der Waals surface area contributed by atoms with Crippen molar-refractivity contribution in [1.82, 2.24) is 5.32 Å². The van der Waals surface area contributed by atoms with Crippen LogP contribution < -0.4 is 5.32 Å². The molecule has 0 saturated carbocycles. The van der Waals surface area contributed by atoms with Gasteiger partial charge in [0.25, 0.3) is 0 Å². The van der Waals surface area contributed by atoms with E-state index in [9.17, 15) is 0 Å². The lowest BCUT2D eigenvalue weighted by molar-refractivity contribution is 0.184. The summed E-state index contributed by atoms with van der Waals surface area (Å²) in [5.41, 5.74) is 0. The largest absolute Gasteiger partial charge is 0.381 e. The summed E-state index contributed by atoms with van der Waals surface area (Å²) in [5.74, 6) is 0.782. The van der Waals surface area contributed by atoms with Crippen molar-refractivity contribution in [3.05, 3.63) is 21.9 Å². The summed E-state index contributed by atoms with van der Waals surface area (Å²) in [7, 11) is 0. The maximum absolute atomic E-state index is 5.38. The lowest BCUT2D eigenvalue weighted by atomic mass is 10.1. The van der Waals surface area contributed by atoms with Gasteiger partial charge >= 0.3 is 0 Å². The maximum Gasteiger partial charge on any atom is 0.0495 e. The van der Waals surface area contributed by atoms with Crippen molar-refractivity contribution in [1.29, 1.82) is 0 Å². The number of ether oxygens (including phenoxy) is 1. The zero-order valence-corrected chi connectivity index (χ0v) is 11.0. The van der Waals surface area contributed by atoms with Crippen molar-refractivity contribution < 1.29 is 4.74 Å². The van der Waals surface area contributed by atoms with E-state index in [4.69, 9.17) is 4.74 Å². The molecule has 2 atom stereocenters. The fourth-order valence-corrected chi connectivity index (χ4v) is 3.01. The summed E-state index contributed by atoms with van der Waals surface area (Å²) >= 11 is 1.89. The Morgan fingerprint density at radius 1 is 1.56 bits per heavy atom. The fraction of sp³-hybridized carbons (Fsp3) is 0.692. The van der Waals surface area contributed by atoms with Crippen LogP contribution in [0.5, 0.6) is 0 Å². The Labute approximate surface area is 102 Å². The van der Waals surface area contributed by atoms with E-state index in [0.717, 1.165) is 25.7 Å². The van der Waals surface area contributed by atoms with Crippen LogP contribution in [0.1, 0.15) is 35.6 Å². The van der Waals surface area contributed by atoms with Gasteiger partial charge in [-0.05, 0) is 51.3 Å². The lowest BCUT2D eigenvalue weighted by Crippen LogP contribution is -2.21. The zero-order valence-electron chi connectivity index (χ0n) is 10.2. The van der Waals surface area contributed by atoms with Gasteiger partial charge < -0.3 is 10.1 Å². The van der Waals surface area contributed by atoms with E-state index in [0.29, 0.717) is 6.04 Å². The van der Waals surface area contributed by atoms with Crippen LogP contribution >= 0.6 is 11.3 Å². The highest BCUT2D eigenvalue weighted by atomic mass is 32.1. The summed E-state index contributed by atoms with van der Waals surface area (Å²) in [6, 6.07) is 4.92. The van der Waals surface area contributed by atoms with Gasteiger partial charge in [0.15, 0.2) is 0 Å². The highest BCUT2D eigenvalue weighted by Crippen LogP contribution is 2.22. The lowest BCUT2D eigenvalue weighted by Gasteiger charge is -2.13. The van der Waals surface area contributed by atoms with Gasteiger partial charge in [-0.2, -0.15) is 0 Å². The van der Waals surface area contributed by atoms with Crippen LogP contribution in [0.4, 0.5) is 0 Å². The molecule has 0 amide bonds. The van der Waals surface area contributed by atoms with Gasteiger partial charge in [0.1, 0.15) is 0 Å². The summed E-state index contributed by atoms with van der Waals surface area (Å²) < 4.78 is 5.38. The van der Waals surface area contributed by atoms with E-state index < -0.39 is 0 Å². The predicted octanol–water partition coefficient (Wildman–Crippen LogP) is 3.13. The fourth-order valence-electron chi connectivity index (χ4n) is 2.10. The minimum atomic E-state index is 0.487. The SMILES string of the molecule is Cc1ccc(C(C)NCCC2CCOC2)s1. The van der Waals surface area contributed by atoms with Crippen LogP contribution in [-0.2, 0) is 4.74 Å². The van der Waals surface area contributed by atoms with Crippen LogP contribution in [0, 0.1) is 12.8 Å². The first-order chi connectivity index (χ1) is 7.75. The average molecular weight is 239 g/mol. The molecule has 1 saturated heterocycles. The van der Waals surface area contributed by atoms with E-state index in [1.807, 2.05) is 11.3 Å². The summed E-state index contributed by atoms with van der Waals surface area (Å²) in [4.78, 5) is 2.84. The van der Waals surface area contributed by atoms with Crippen molar-refractivity contribution in [3.8, 4) is 0 Å². The second-order valence-electron chi connectivity index (χ2n) is 4.64. The van der Waals surface area contributed by atoms with E-state index >= 15 is 0 Å². The van der Waals surface area contributed by atoms with E-state index in [1.165, 1.54) is 22.6 Å². The molecule has 2 unspecified atom stereocenters. The molecule has 0 aromatic carbocycles. The van der Waals surface area contributed by atoms with Crippen molar-refractivity contribution in [2.75, 3.05) is 19.8 Å². The molecule has 1 aliphatic heterocycles. The molecular formula is C13H21NOS. The van der Waals surface area contributed by atoms with E-state index in [1.54, 1.807) is 0 Å². The Balaban J connectivity index is 1.69. The first-order valence-electron chi connectivity index (χ1n) is 6.13. The molecular weight excluding hydrogens is 218 g/mol. The van der Waals surface area contributed by atoms with Gasteiger partial charge in [-0.15, -0.1) is 11.3 Å². The van der Waals surface area contributed by atoms with Gasteiger partial charge in [0.2, 0.25) is 0 Å². The van der Waals surface area contributed by atoms with E-state index in [2.05, 4.69) is 31.3 Å². The monoisotopic (exact) mass is 239 g/mol. The Kier molecular flexibility index (Phi) is 4.38. The molecule has 0 bridgehead atoms. The molecule has 2 rings (SSSR count). The quantitative estimate of drug-likeness (QED) is 0.852. The van der Waals surface area contributed by atoms with Gasteiger partial charge in [0, 0.05) is 29.0 Å². The molecule has 2 heterocycles. The molecule has 16 heavy (non-hydrogen) atoms. The van der Waals surface area contributed by atoms with Crippen LogP contribution in [0.25, 0.3) is 0 Å². The molecule has 2 nitrogen and oxygen atoms in total. The maximum atomic E-state index is 5.38. The summed E-state index contributed by atoms with van der Waals surface area (Å²) in [6.07, 6.45) is 2.49. The topological polar surface area (TPSA) is 21.3 Å². The molecule has 3 heteroatoms. The van der Waals surface area contributed by atoms with Crippen LogP contribution in [0.15, 0.2) is 12.1 Å². The molecule has 1 aromatic heterocycles. The molecule has 1 aliphatic rings.